The molecule has 1 aromatic carbocycles. The van der Waals surface area contributed by atoms with Crippen molar-refractivity contribution in [1.29, 1.82) is 0 Å². The lowest BCUT2D eigenvalue weighted by Gasteiger charge is -2.43. The van der Waals surface area contributed by atoms with Gasteiger partial charge in [-0.3, -0.25) is 19.4 Å². The first kappa shape index (κ1) is 22.4. The van der Waals surface area contributed by atoms with Crippen LogP contribution in [0.5, 0.6) is 5.75 Å². The average Bonchev–Trinajstić information content (AvgIpc) is 2.73. The Bertz CT molecular complexity index is 772. The van der Waals surface area contributed by atoms with E-state index >= 15 is 0 Å². The Morgan fingerprint density at radius 3 is 2.32 bits per heavy atom. The third-order valence-electron chi connectivity index (χ3n) is 6.76. The van der Waals surface area contributed by atoms with Crippen molar-refractivity contribution in [3.63, 3.8) is 0 Å². The zero-order valence-electron chi connectivity index (χ0n) is 18.3. The van der Waals surface area contributed by atoms with E-state index in [4.69, 9.17) is 16.3 Å². The molecule has 7 nitrogen and oxygen atoms in total. The number of benzene rings is 1. The van der Waals surface area contributed by atoms with Crippen molar-refractivity contribution >= 4 is 23.4 Å². The van der Waals surface area contributed by atoms with Crippen LogP contribution in [-0.2, 0) is 9.59 Å². The molecule has 1 unspecified atom stereocenters. The highest BCUT2D eigenvalue weighted by molar-refractivity contribution is 6.30. The standard InChI is InChI=1S/C23H33ClN4O3/c1-18(31-21-7-2-4-19(24)16-21)23(30)28-10-8-25(9-11-28)17-22(29)27-14-12-26(13-15-27)20-5-3-6-20/h2,4,7,16,18,20H,3,5-6,8-15,17H2,1H3. The van der Waals surface area contributed by atoms with Crippen LogP contribution in [0.2, 0.25) is 5.02 Å². The fourth-order valence-corrected chi connectivity index (χ4v) is 4.74. The Morgan fingerprint density at radius 1 is 1.03 bits per heavy atom. The number of carbonyl (C=O) groups is 2. The number of carbonyl (C=O) groups excluding carboxylic acids is 2. The van der Waals surface area contributed by atoms with E-state index in [1.165, 1.54) is 19.3 Å². The van der Waals surface area contributed by atoms with Gasteiger partial charge in [-0.05, 0) is 38.0 Å². The highest BCUT2D eigenvalue weighted by atomic mass is 35.5. The van der Waals surface area contributed by atoms with Gasteiger partial charge in [0.15, 0.2) is 6.10 Å². The number of halogens is 1. The van der Waals surface area contributed by atoms with E-state index < -0.39 is 6.10 Å². The largest absolute Gasteiger partial charge is 0.481 e. The minimum absolute atomic E-state index is 0.0296. The normalized spacial score (nSPS) is 22.1. The quantitative estimate of drug-likeness (QED) is 0.665. The fraction of sp³-hybridized carbons (Fsp3) is 0.652. The van der Waals surface area contributed by atoms with Crippen LogP contribution in [0.4, 0.5) is 0 Å². The molecule has 0 spiro atoms. The van der Waals surface area contributed by atoms with Crippen LogP contribution in [0.25, 0.3) is 0 Å². The molecule has 2 saturated heterocycles. The van der Waals surface area contributed by atoms with Gasteiger partial charge in [0.25, 0.3) is 5.91 Å². The second-order valence-electron chi connectivity index (χ2n) is 8.82. The summed E-state index contributed by atoms with van der Waals surface area (Å²) in [6, 6.07) is 7.84. The van der Waals surface area contributed by atoms with Gasteiger partial charge in [-0.25, -0.2) is 0 Å². The minimum Gasteiger partial charge on any atom is -0.481 e. The van der Waals surface area contributed by atoms with E-state index in [0.717, 1.165) is 32.2 Å². The van der Waals surface area contributed by atoms with Gasteiger partial charge in [-0.2, -0.15) is 0 Å². The molecule has 4 rings (SSSR count). The molecule has 2 aliphatic heterocycles. The summed E-state index contributed by atoms with van der Waals surface area (Å²) in [5, 5.41) is 0.583. The first-order valence-electron chi connectivity index (χ1n) is 11.4. The van der Waals surface area contributed by atoms with E-state index in [9.17, 15) is 9.59 Å². The van der Waals surface area contributed by atoms with E-state index in [1.54, 1.807) is 31.2 Å². The molecule has 0 N–H and O–H groups in total. The highest BCUT2D eigenvalue weighted by Crippen LogP contribution is 2.25. The van der Waals surface area contributed by atoms with Gasteiger partial charge < -0.3 is 14.5 Å². The number of hydrogen-bond acceptors (Lipinski definition) is 5. The Labute approximate surface area is 189 Å². The van der Waals surface area contributed by atoms with Crippen LogP contribution in [0.3, 0.4) is 0 Å². The van der Waals surface area contributed by atoms with E-state index in [0.29, 0.717) is 43.5 Å². The highest BCUT2D eigenvalue weighted by Gasteiger charge is 2.31. The summed E-state index contributed by atoms with van der Waals surface area (Å²) in [5.41, 5.74) is 0. The Balaban J connectivity index is 1.18. The second kappa shape index (κ2) is 10.2. The molecule has 2 heterocycles. The number of piperazine rings is 2. The van der Waals surface area contributed by atoms with Gasteiger partial charge in [0.05, 0.1) is 6.54 Å². The average molecular weight is 449 g/mol. The van der Waals surface area contributed by atoms with Crippen LogP contribution in [-0.4, -0.2) is 102 Å². The molecular formula is C23H33ClN4O3. The summed E-state index contributed by atoms with van der Waals surface area (Å²) < 4.78 is 5.76. The maximum absolute atomic E-state index is 12.7. The summed E-state index contributed by atoms with van der Waals surface area (Å²) >= 11 is 5.99. The lowest BCUT2D eigenvalue weighted by molar-refractivity contribution is -0.140. The number of hydrogen-bond donors (Lipinski definition) is 0. The van der Waals surface area contributed by atoms with Gasteiger partial charge in [-0.1, -0.05) is 24.1 Å². The van der Waals surface area contributed by atoms with Crippen LogP contribution in [0, 0.1) is 0 Å². The molecule has 0 aromatic heterocycles. The van der Waals surface area contributed by atoms with Crippen molar-refractivity contribution in [2.24, 2.45) is 0 Å². The molecule has 2 amide bonds. The van der Waals surface area contributed by atoms with Gasteiger partial charge in [0, 0.05) is 63.4 Å². The van der Waals surface area contributed by atoms with Crippen LogP contribution < -0.4 is 4.74 Å². The van der Waals surface area contributed by atoms with Crippen molar-refractivity contribution in [3.8, 4) is 5.75 Å². The summed E-state index contributed by atoms with van der Waals surface area (Å²) in [4.78, 5) is 34.0. The van der Waals surface area contributed by atoms with Crippen LogP contribution >= 0.6 is 11.6 Å². The summed E-state index contributed by atoms with van der Waals surface area (Å²) in [6.45, 7) is 8.55. The molecule has 3 aliphatic rings. The van der Waals surface area contributed by atoms with E-state index in [2.05, 4.69) is 9.80 Å². The van der Waals surface area contributed by atoms with Crippen molar-refractivity contribution < 1.29 is 14.3 Å². The number of ether oxygens (including phenoxy) is 1. The SMILES string of the molecule is CC(Oc1cccc(Cl)c1)C(=O)N1CCN(CC(=O)N2CCN(C3CCC3)CC2)CC1. The van der Waals surface area contributed by atoms with Crippen LogP contribution in [0.15, 0.2) is 24.3 Å². The van der Waals surface area contributed by atoms with E-state index in [-0.39, 0.29) is 11.8 Å². The van der Waals surface area contributed by atoms with Crippen molar-refractivity contribution in [3.05, 3.63) is 29.3 Å². The number of amides is 2. The molecule has 1 aromatic rings. The molecule has 1 aliphatic carbocycles. The molecule has 8 heteroatoms. The molecule has 170 valence electrons. The Hall–Kier alpha value is -1.83. The summed E-state index contributed by atoms with van der Waals surface area (Å²) in [7, 11) is 0. The van der Waals surface area contributed by atoms with Crippen molar-refractivity contribution in [2.75, 3.05) is 58.9 Å². The smallest absolute Gasteiger partial charge is 0.263 e. The van der Waals surface area contributed by atoms with Gasteiger partial charge in [0.2, 0.25) is 5.91 Å². The molecule has 0 bridgehead atoms. The minimum atomic E-state index is -0.571. The molecule has 3 fully saturated rings. The maximum Gasteiger partial charge on any atom is 0.263 e. The third-order valence-corrected chi connectivity index (χ3v) is 6.99. The molecule has 1 atom stereocenters. The predicted molar refractivity (Wildman–Crippen MR) is 120 cm³/mol. The molecule has 1 saturated carbocycles. The van der Waals surface area contributed by atoms with Crippen LogP contribution in [0.1, 0.15) is 26.2 Å². The summed E-state index contributed by atoms with van der Waals surface area (Å²) in [6.07, 6.45) is 3.42. The zero-order valence-corrected chi connectivity index (χ0v) is 19.1. The second-order valence-corrected chi connectivity index (χ2v) is 9.26. The third kappa shape index (κ3) is 5.70. The maximum atomic E-state index is 12.7. The molecule has 31 heavy (non-hydrogen) atoms. The summed E-state index contributed by atoms with van der Waals surface area (Å²) in [5.74, 6) is 0.777. The fourth-order valence-electron chi connectivity index (χ4n) is 4.56. The molecular weight excluding hydrogens is 416 g/mol. The van der Waals surface area contributed by atoms with Gasteiger partial charge in [0.1, 0.15) is 5.75 Å². The van der Waals surface area contributed by atoms with Crippen molar-refractivity contribution in [2.45, 2.75) is 38.3 Å². The Kier molecular flexibility index (Phi) is 7.35. The topological polar surface area (TPSA) is 56.3 Å². The first-order valence-corrected chi connectivity index (χ1v) is 11.8. The lowest BCUT2D eigenvalue weighted by Crippen LogP contribution is -2.57. The first-order chi connectivity index (χ1) is 15.0. The monoisotopic (exact) mass is 448 g/mol. The predicted octanol–water partition coefficient (Wildman–Crippen LogP) is 1.95. The van der Waals surface area contributed by atoms with Gasteiger partial charge >= 0.3 is 0 Å². The number of nitrogens with zero attached hydrogens (tertiary/aromatic N) is 4. The van der Waals surface area contributed by atoms with Gasteiger partial charge in [-0.15, -0.1) is 0 Å². The number of rotatable bonds is 6. The lowest BCUT2D eigenvalue weighted by atomic mass is 9.91. The van der Waals surface area contributed by atoms with Crippen molar-refractivity contribution in [1.82, 2.24) is 19.6 Å². The van der Waals surface area contributed by atoms with E-state index in [1.807, 2.05) is 9.80 Å². The zero-order chi connectivity index (χ0) is 21.8. The molecule has 0 radical (unpaired) electrons. The Morgan fingerprint density at radius 2 is 1.71 bits per heavy atom.